The van der Waals surface area contributed by atoms with Crippen LogP contribution < -0.4 is 5.73 Å². The zero-order valence-electron chi connectivity index (χ0n) is 12.1. The lowest BCUT2D eigenvalue weighted by molar-refractivity contribution is 0.100. The maximum Gasteiger partial charge on any atom is 0.109 e. The van der Waals surface area contributed by atoms with Crippen LogP contribution in [0.4, 0.5) is 0 Å². The van der Waals surface area contributed by atoms with Crippen LogP contribution in [0.1, 0.15) is 24.5 Å². The minimum absolute atomic E-state index is 0.216. The van der Waals surface area contributed by atoms with E-state index in [0.29, 0.717) is 6.54 Å². The van der Waals surface area contributed by atoms with Crippen molar-refractivity contribution in [3.63, 3.8) is 0 Å². The number of aryl methyl sites for hydroxylation is 1. The minimum Gasteiger partial charge on any atom is -0.329 e. The van der Waals surface area contributed by atoms with Gasteiger partial charge in [0, 0.05) is 39.8 Å². The summed E-state index contributed by atoms with van der Waals surface area (Å²) in [6, 6.07) is 0.216. The molecule has 1 aliphatic heterocycles. The normalized spacial score (nSPS) is 19.8. The molecule has 0 bridgehead atoms. The lowest BCUT2D eigenvalue weighted by Crippen LogP contribution is -2.49. The van der Waals surface area contributed by atoms with Gasteiger partial charge in [0.05, 0.1) is 11.7 Å². The average Bonchev–Trinajstić information content (AvgIpc) is 2.68. The number of nitrogens with two attached hydrogens (primary N) is 1. The van der Waals surface area contributed by atoms with E-state index in [1.807, 2.05) is 14.0 Å². The predicted molar refractivity (Wildman–Crippen MR) is 81.1 cm³/mol. The van der Waals surface area contributed by atoms with E-state index in [2.05, 4.69) is 42.2 Å². The van der Waals surface area contributed by atoms with E-state index in [1.54, 1.807) is 0 Å². The van der Waals surface area contributed by atoms with Crippen LogP contribution in [-0.2, 0) is 7.05 Å². The van der Waals surface area contributed by atoms with Crippen molar-refractivity contribution < 1.29 is 0 Å². The molecule has 1 fully saturated rings. The molecule has 0 radical (unpaired) electrons. The SMILES string of the molecule is CCN1CCN(C(CN)c2nc(C)n(C)c2Br)CC1. The Bertz CT molecular complexity index is 423. The average molecular weight is 330 g/mol. The molecule has 5 nitrogen and oxygen atoms in total. The fraction of sp³-hybridized carbons (Fsp3) is 0.769. The molecule has 0 aromatic carbocycles. The summed E-state index contributed by atoms with van der Waals surface area (Å²) in [5.41, 5.74) is 7.08. The summed E-state index contributed by atoms with van der Waals surface area (Å²) in [6.45, 7) is 10.4. The first-order chi connectivity index (χ1) is 9.08. The van der Waals surface area contributed by atoms with Crippen LogP contribution in [0, 0.1) is 6.92 Å². The fourth-order valence-electron chi connectivity index (χ4n) is 2.65. The van der Waals surface area contributed by atoms with Crippen LogP contribution in [0.2, 0.25) is 0 Å². The Kier molecular flexibility index (Phi) is 5.00. The summed E-state index contributed by atoms with van der Waals surface area (Å²) in [5.74, 6) is 1.02. The third-order valence-electron chi connectivity index (χ3n) is 4.11. The van der Waals surface area contributed by atoms with Crippen LogP contribution in [0.5, 0.6) is 0 Å². The third kappa shape index (κ3) is 3.02. The Morgan fingerprint density at radius 3 is 2.37 bits per heavy atom. The van der Waals surface area contributed by atoms with Gasteiger partial charge in [-0.05, 0) is 29.4 Å². The van der Waals surface area contributed by atoms with Gasteiger partial charge in [-0.2, -0.15) is 0 Å². The Hall–Kier alpha value is -0.430. The van der Waals surface area contributed by atoms with Crippen LogP contribution in [0.15, 0.2) is 4.60 Å². The summed E-state index contributed by atoms with van der Waals surface area (Å²) in [7, 11) is 2.03. The lowest BCUT2D eigenvalue weighted by atomic mass is 10.1. The van der Waals surface area contributed by atoms with Crippen molar-refractivity contribution in [3.8, 4) is 0 Å². The third-order valence-corrected chi connectivity index (χ3v) is 5.05. The molecule has 1 aromatic rings. The number of likely N-dealkylation sites (N-methyl/N-ethyl adjacent to an activating group) is 1. The largest absolute Gasteiger partial charge is 0.329 e. The zero-order chi connectivity index (χ0) is 14.0. The molecule has 2 rings (SSSR count). The number of imidazole rings is 1. The van der Waals surface area contributed by atoms with E-state index in [4.69, 9.17) is 5.73 Å². The molecule has 108 valence electrons. The van der Waals surface area contributed by atoms with E-state index in [9.17, 15) is 0 Å². The highest BCUT2D eigenvalue weighted by Crippen LogP contribution is 2.27. The Labute approximate surface area is 123 Å². The van der Waals surface area contributed by atoms with Gasteiger partial charge in [0.25, 0.3) is 0 Å². The van der Waals surface area contributed by atoms with Gasteiger partial charge in [-0.3, -0.25) is 4.90 Å². The topological polar surface area (TPSA) is 50.3 Å². The Morgan fingerprint density at radius 2 is 1.95 bits per heavy atom. The van der Waals surface area contributed by atoms with Crippen LogP contribution in [-0.4, -0.2) is 58.6 Å². The van der Waals surface area contributed by atoms with Crippen molar-refractivity contribution in [1.29, 1.82) is 0 Å². The second-order valence-corrected chi connectivity index (χ2v) is 5.87. The molecule has 0 spiro atoms. The number of halogens is 1. The van der Waals surface area contributed by atoms with E-state index >= 15 is 0 Å². The van der Waals surface area contributed by atoms with Crippen LogP contribution in [0.25, 0.3) is 0 Å². The molecular weight excluding hydrogens is 306 g/mol. The van der Waals surface area contributed by atoms with Crippen molar-refractivity contribution in [2.24, 2.45) is 12.8 Å². The molecule has 1 saturated heterocycles. The fourth-order valence-corrected chi connectivity index (χ4v) is 3.26. The molecule has 0 saturated carbocycles. The van der Waals surface area contributed by atoms with E-state index < -0.39 is 0 Å². The van der Waals surface area contributed by atoms with E-state index in [1.165, 1.54) is 0 Å². The number of rotatable bonds is 4. The van der Waals surface area contributed by atoms with Crippen molar-refractivity contribution in [2.75, 3.05) is 39.3 Å². The maximum atomic E-state index is 6.01. The van der Waals surface area contributed by atoms with Crippen LogP contribution in [0.3, 0.4) is 0 Å². The second-order valence-electron chi connectivity index (χ2n) is 5.12. The van der Waals surface area contributed by atoms with Gasteiger partial charge in [-0.25, -0.2) is 4.98 Å². The molecule has 2 N–H and O–H groups in total. The highest BCUT2D eigenvalue weighted by Gasteiger charge is 2.27. The molecule has 1 aromatic heterocycles. The van der Waals surface area contributed by atoms with Crippen LogP contribution >= 0.6 is 15.9 Å². The summed E-state index contributed by atoms with van der Waals surface area (Å²) in [5, 5.41) is 0. The minimum atomic E-state index is 0.216. The highest BCUT2D eigenvalue weighted by atomic mass is 79.9. The molecule has 0 amide bonds. The summed E-state index contributed by atoms with van der Waals surface area (Å²) in [6.07, 6.45) is 0. The number of hydrogen-bond acceptors (Lipinski definition) is 4. The Morgan fingerprint density at radius 1 is 1.32 bits per heavy atom. The molecule has 1 unspecified atom stereocenters. The number of nitrogens with zero attached hydrogens (tertiary/aromatic N) is 4. The van der Waals surface area contributed by atoms with Gasteiger partial charge < -0.3 is 15.2 Å². The van der Waals surface area contributed by atoms with Crippen molar-refractivity contribution >= 4 is 15.9 Å². The first kappa shape index (κ1) is 15.0. The Balaban J connectivity index is 2.14. The predicted octanol–water partition coefficient (Wildman–Crippen LogP) is 1.13. The summed E-state index contributed by atoms with van der Waals surface area (Å²) >= 11 is 3.64. The highest BCUT2D eigenvalue weighted by molar-refractivity contribution is 9.10. The molecular formula is C13H24BrN5. The smallest absolute Gasteiger partial charge is 0.109 e. The summed E-state index contributed by atoms with van der Waals surface area (Å²) < 4.78 is 3.12. The first-order valence-corrected chi connectivity index (χ1v) is 7.73. The van der Waals surface area contributed by atoms with E-state index in [0.717, 1.165) is 48.8 Å². The standard InChI is InChI=1S/C13H24BrN5/c1-4-18-5-7-19(8-6-18)11(9-15)12-13(14)17(3)10(2)16-12/h11H,4-9,15H2,1-3H3. The van der Waals surface area contributed by atoms with Crippen molar-refractivity contribution in [3.05, 3.63) is 16.1 Å². The van der Waals surface area contributed by atoms with Gasteiger partial charge >= 0.3 is 0 Å². The number of aromatic nitrogens is 2. The van der Waals surface area contributed by atoms with Gasteiger partial charge in [0.2, 0.25) is 0 Å². The number of hydrogen-bond donors (Lipinski definition) is 1. The second kappa shape index (κ2) is 6.35. The van der Waals surface area contributed by atoms with Gasteiger partial charge in [0.15, 0.2) is 0 Å². The molecule has 19 heavy (non-hydrogen) atoms. The van der Waals surface area contributed by atoms with Gasteiger partial charge in [0.1, 0.15) is 10.4 Å². The monoisotopic (exact) mass is 329 g/mol. The van der Waals surface area contributed by atoms with Gasteiger partial charge in [-0.15, -0.1) is 0 Å². The summed E-state index contributed by atoms with van der Waals surface area (Å²) in [4.78, 5) is 9.61. The number of piperazine rings is 1. The molecule has 0 aliphatic carbocycles. The maximum absolute atomic E-state index is 6.01. The molecule has 6 heteroatoms. The van der Waals surface area contributed by atoms with Crippen molar-refractivity contribution in [1.82, 2.24) is 19.4 Å². The zero-order valence-corrected chi connectivity index (χ0v) is 13.7. The molecule has 1 atom stereocenters. The molecule has 2 heterocycles. The van der Waals surface area contributed by atoms with Gasteiger partial charge in [-0.1, -0.05) is 6.92 Å². The quantitative estimate of drug-likeness (QED) is 0.899. The first-order valence-electron chi connectivity index (χ1n) is 6.93. The van der Waals surface area contributed by atoms with E-state index in [-0.39, 0.29) is 6.04 Å². The molecule has 1 aliphatic rings. The lowest BCUT2D eigenvalue weighted by Gasteiger charge is -2.38. The van der Waals surface area contributed by atoms with Crippen molar-refractivity contribution in [2.45, 2.75) is 19.9 Å².